The van der Waals surface area contributed by atoms with Gasteiger partial charge >= 0.3 is 5.97 Å². The molecule has 0 aliphatic rings. The third-order valence-corrected chi connectivity index (χ3v) is 2.18. The second-order valence-electron chi connectivity index (χ2n) is 2.94. The summed E-state index contributed by atoms with van der Waals surface area (Å²) in [5.41, 5.74) is 4.71. The first-order chi connectivity index (χ1) is 7.45. The molecule has 0 unspecified atom stereocenters. The summed E-state index contributed by atoms with van der Waals surface area (Å²) in [6, 6.07) is 1.11. The standard InChI is InChI=1S/C9H9ClF2N2O2/c1-16-7(15)3-5-8(9(11)12)4(10)2-6(13)14-5/h2,9H,3H2,1H3,(H2,13,14). The molecule has 0 amide bonds. The fraction of sp³-hybridized carbons (Fsp3) is 0.333. The zero-order chi connectivity index (χ0) is 12.3. The van der Waals surface area contributed by atoms with Gasteiger partial charge in [-0.2, -0.15) is 0 Å². The van der Waals surface area contributed by atoms with Gasteiger partial charge in [0.15, 0.2) is 0 Å². The van der Waals surface area contributed by atoms with Crippen LogP contribution in [0.2, 0.25) is 5.02 Å². The van der Waals surface area contributed by atoms with Gasteiger partial charge in [-0.15, -0.1) is 0 Å². The number of nitrogen functional groups attached to an aromatic ring is 1. The van der Waals surface area contributed by atoms with Gasteiger partial charge in [0.05, 0.1) is 29.8 Å². The molecule has 1 aromatic rings. The molecule has 88 valence electrons. The summed E-state index contributed by atoms with van der Waals surface area (Å²) in [5.74, 6) is -0.704. The number of methoxy groups -OCH3 is 1. The highest BCUT2D eigenvalue weighted by Crippen LogP contribution is 2.31. The molecule has 16 heavy (non-hydrogen) atoms. The van der Waals surface area contributed by atoms with Crippen molar-refractivity contribution in [2.45, 2.75) is 12.8 Å². The van der Waals surface area contributed by atoms with E-state index in [2.05, 4.69) is 9.72 Å². The molecule has 0 bridgehead atoms. The van der Waals surface area contributed by atoms with Crippen LogP contribution in [0.1, 0.15) is 17.7 Å². The second kappa shape index (κ2) is 5.07. The average molecular weight is 251 g/mol. The van der Waals surface area contributed by atoms with E-state index < -0.39 is 18.0 Å². The summed E-state index contributed by atoms with van der Waals surface area (Å²) < 4.78 is 29.7. The van der Waals surface area contributed by atoms with Gasteiger partial charge in [0.1, 0.15) is 5.82 Å². The van der Waals surface area contributed by atoms with E-state index in [0.717, 1.165) is 13.2 Å². The summed E-state index contributed by atoms with van der Waals surface area (Å²) >= 11 is 5.60. The highest BCUT2D eigenvalue weighted by atomic mass is 35.5. The maximum atomic E-state index is 12.7. The van der Waals surface area contributed by atoms with Crippen molar-refractivity contribution in [1.29, 1.82) is 0 Å². The Labute approximate surface area is 95.4 Å². The van der Waals surface area contributed by atoms with Crippen molar-refractivity contribution in [3.05, 3.63) is 22.3 Å². The summed E-state index contributed by atoms with van der Waals surface area (Å²) in [6.07, 6.45) is -3.21. The van der Waals surface area contributed by atoms with E-state index in [0.29, 0.717) is 0 Å². The highest BCUT2D eigenvalue weighted by molar-refractivity contribution is 6.31. The number of hydrogen-bond donors (Lipinski definition) is 1. The molecule has 7 heteroatoms. The first-order valence-electron chi connectivity index (χ1n) is 4.25. The van der Waals surface area contributed by atoms with Crippen molar-refractivity contribution in [2.75, 3.05) is 12.8 Å². The lowest BCUT2D eigenvalue weighted by Crippen LogP contribution is -2.11. The Morgan fingerprint density at radius 2 is 2.31 bits per heavy atom. The first-order valence-corrected chi connectivity index (χ1v) is 4.63. The van der Waals surface area contributed by atoms with E-state index in [-0.39, 0.29) is 23.0 Å². The van der Waals surface area contributed by atoms with Crippen LogP contribution in [0, 0.1) is 0 Å². The number of carbonyl (C=O) groups is 1. The Kier molecular flexibility index (Phi) is 4.00. The largest absolute Gasteiger partial charge is 0.469 e. The lowest BCUT2D eigenvalue weighted by Gasteiger charge is -2.09. The predicted octanol–water partition coefficient (Wildman–Crippen LogP) is 1.97. The molecule has 0 atom stereocenters. The molecule has 0 fully saturated rings. The van der Waals surface area contributed by atoms with Gasteiger partial charge in [-0.25, -0.2) is 13.8 Å². The number of anilines is 1. The van der Waals surface area contributed by atoms with Crippen LogP contribution in [0.25, 0.3) is 0 Å². The molecule has 0 spiro atoms. The molecule has 2 N–H and O–H groups in total. The van der Waals surface area contributed by atoms with E-state index in [1.54, 1.807) is 0 Å². The SMILES string of the molecule is COC(=O)Cc1nc(N)cc(Cl)c1C(F)F. The first kappa shape index (κ1) is 12.6. The van der Waals surface area contributed by atoms with Gasteiger partial charge in [-0.3, -0.25) is 4.79 Å². The summed E-state index contributed by atoms with van der Waals surface area (Å²) in [7, 11) is 1.15. The van der Waals surface area contributed by atoms with Crippen molar-refractivity contribution < 1.29 is 18.3 Å². The number of esters is 1. The van der Waals surface area contributed by atoms with Crippen molar-refractivity contribution in [3.63, 3.8) is 0 Å². The number of halogens is 3. The maximum absolute atomic E-state index is 12.7. The van der Waals surface area contributed by atoms with Crippen molar-refractivity contribution >= 4 is 23.4 Å². The smallest absolute Gasteiger partial charge is 0.311 e. The minimum Gasteiger partial charge on any atom is -0.469 e. The van der Waals surface area contributed by atoms with Crippen molar-refractivity contribution in [3.8, 4) is 0 Å². The number of aromatic nitrogens is 1. The zero-order valence-corrected chi connectivity index (χ0v) is 9.09. The molecule has 0 radical (unpaired) electrons. The minimum absolute atomic E-state index is 0.0201. The number of nitrogens with two attached hydrogens (primary N) is 1. The number of hydrogen-bond acceptors (Lipinski definition) is 4. The summed E-state index contributed by atoms with van der Waals surface area (Å²) in [5, 5.41) is -0.207. The van der Waals surface area contributed by atoms with Gasteiger partial charge in [-0.05, 0) is 6.07 Å². The fourth-order valence-corrected chi connectivity index (χ4v) is 1.47. The number of carbonyl (C=O) groups excluding carboxylic acids is 1. The van der Waals surface area contributed by atoms with Crippen LogP contribution in [0.15, 0.2) is 6.07 Å². The Balaban J connectivity index is 3.18. The lowest BCUT2D eigenvalue weighted by molar-refractivity contribution is -0.139. The number of nitrogens with zero attached hydrogens (tertiary/aromatic N) is 1. The summed E-state index contributed by atoms with van der Waals surface area (Å²) in [4.78, 5) is 14.6. The van der Waals surface area contributed by atoms with E-state index in [4.69, 9.17) is 17.3 Å². The van der Waals surface area contributed by atoms with Crippen LogP contribution in [0.4, 0.5) is 14.6 Å². The monoisotopic (exact) mass is 250 g/mol. The normalized spacial score (nSPS) is 10.6. The van der Waals surface area contributed by atoms with Crippen LogP contribution in [0.3, 0.4) is 0 Å². The predicted molar refractivity (Wildman–Crippen MR) is 54.3 cm³/mol. The van der Waals surface area contributed by atoms with E-state index in [1.165, 1.54) is 0 Å². The Morgan fingerprint density at radius 3 is 2.81 bits per heavy atom. The lowest BCUT2D eigenvalue weighted by atomic mass is 10.1. The minimum atomic E-state index is -2.82. The Morgan fingerprint density at radius 1 is 1.69 bits per heavy atom. The van der Waals surface area contributed by atoms with E-state index in [1.807, 2.05) is 0 Å². The summed E-state index contributed by atoms with van der Waals surface area (Å²) in [6.45, 7) is 0. The molecule has 1 rings (SSSR count). The number of rotatable bonds is 3. The van der Waals surface area contributed by atoms with Gasteiger partial charge in [0, 0.05) is 0 Å². The third kappa shape index (κ3) is 2.79. The van der Waals surface area contributed by atoms with E-state index in [9.17, 15) is 13.6 Å². The number of ether oxygens (including phenoxy) is 1. The topological polar surface area (TPSA) is 65.2 Å². The molecule has 0 aliphatic carbocycles. The van der Waals surface area contributed by atoms with Gasteiger partial charge in [0.25, 0.3) is 6.43 Å². The van der Waals surface area contributed by atoms with Gasteiger partial charge < -0.3 is 10.5 Å². The molecule has 0 saturated heterocycles. The molecular formula is C9H9ClF2N2O2. The molecular weight excluding hydrogens is 242 g/mol. The Hall–Kier alpha value is -1.43. The fourth-order valence-electron chi connectivity index (χ4n) is 1.17. The second-order valence-corrected chi connectivity index (χ2v) is 3.35. The van der Waals surface area contributed by atoms with Crippen LogP contribution in [-0.2, 0) is 16.0 Å². The molecule has 0 saturated carbocycles. The van der Waals surface area contributed by atoms with Gasteiger partial charge in [0.2, 0.25) is 0 Å². The highest BCUT2D eigenvalue weighted by Gasteiger charge is 2.21. The molecule has 4 nitrogen and oxygen atoms in total. The van der Waals surface area contributed by atoms with Crippen LogP contribution < -0.4 is 5.73 Å². The van der Waals surface area contributed by atoms with Crippen molar-refractivity contribution in [1.82, 2.24) is 4.98 Å². The molecule has 0 aliphatic heterocycles. The quantitative estimate of drug-likeness (QED) is 0.833. The molecule has 1 heterocycles. The average Bonchev–Trinajstić information content (AvgIpc) is 2.15. The van der Waals surface area contributed by atoms with Crippen LogP contribution in [-0.4, -0.2) is 18.1 Å². The zero-order valence-electron chi connectivity index (χ0n) is 8.34. The number of alkyl halides is 2. The van der Waals surface area contributed by atoms with Crippen molar-refractivity contribution in [2.24, 2.45) is 0 Å². The van der Waals surface area contributed by atoms with Crippen LogP contribution in [0.5, 0.6) is 0 Å². The van der Waals surface area contributed by atoms with E-state index >= 15 is 0 Å². The number of pyridine rings is 1. The van der Waals surface area contributed by atoms with Gasteiger partial charge in [-0.1, -0.05) is 11.6 Å². The Bertz CT molecular complexity index is 413. The molecule has 0 aromatic carbocycles. The maximum Gasteiger partial charge on any atom is 0.311 e. The third-order valence-electron chi connectivity index (χ3n) is 1.86. The molecule has 1 aromatic heterocycles. The van der Waals surface area contributed by atoms with Crippen LogP contribution >= 0.6 is 11.6 Å².